The van der Waals surface area contributed by atoms with E-state index in [9.17, 15) is 9.59 Å². The highest BCUT2D eigenvalue weighted by atomic mass is 32.2. The molecule has 0 atom stereocenters. The minimum Gasteiger partial charge on any atom is -0.267 e. The van der Waals surface area contributed by atoms with Gasteiger partial charge in [-0.1, -0.05) is 29.5 Å². The number of thiophene rings is 1. The molecule has 1 aromatic heterocycles. The van der Waals surface area contributed by atoms with E-state index in [1.807, 2.05) is 43.5 Å². The number of carbonyl (C=O) groups is 2. The van der Waals surface area contributed by atoms with Crippen LogP contribution in [0.3, 0.4) is 0 Å². The van der Waals surface area contributed by atoms with Crippen LogP contribution in [0.2, 0.25) is 0 Å². The highest BCUT2D eigenvalue weighted by Crippen LogP contribution is 2.33. The maximum atomic E-state index is 12.5. The molecule has 0 aliphatic carbocycles. The molecule has 1 fully saturated rings. The van der Waals surface area contributed by atoms with Crippen molar-refractivity contribution in [1.82, 2.24) is 10.4 Å². The van der Waals surface area contributed by atoms with Gasteiger partial charge in [-0.15, -0.1) is 11.3 Å². The molecule has 2 amide bonds. The van der Waals surface area contributed by atoms with Gasteiger partial charge in [0.15, 0.2) is 4.32 Å². The van der Waals surface area contributed by atoms with E-state index in [2.05, 4.69) is 5.43 Å². The summed E-state index contributed by atoms with van der Waals surface area (Å²) in [5.41, 5.74) is 5.23. The van der Waals surface area contributed by atoms with Gasteiger partial charge >= 0.3 is 0 Å². The van der Waals surface area contributed by atoms with Crippen LogP contribution in [0, 0.1) is 13.8 Å². The predicted molar refractivity (Wildman–Crippen MR) is 103 cm³/mol. The third-order valence-corrected chi connectivity index (χ3v) is 5.75. The van der Waals surface area contributed by atoms with Crippen LogP contribution in [-0.4, -0.2) is 21.1 Å². The van der Waals surface area contributed by atoms with Crippen molar-refractivity contribution in [3.8, 4) is 0 Å². The maximum absolute atomic E-state index is 12.5. The van der Waals surface area contributed by atoms with Crippen molar-refractivity contribution >= 4 is 57.5 Å². The number of hydrogen-bond acceptors (Lipinski definition) is 5. The summed E-state index contributed by atoms with van der Waals surface area (Å²) in [4.78, 5) is 26.3. The number of nitrogens with one attached hydrogen (secondary N) is 1. The third kappa shape index (κ3) is 3.43. The standard InChI is InChI=1S/C17H14N2O2S3/c1-10-3-5-12(6-4-10)15(20)18-19-16(21)14(24-17(19)22)9-13-11(2)7-8-23-13/h3-9H,1-2H3,(H,18,20)/b14-9-. The van der Waals surface area contributed by atoms with Gasteiger partial charge in [-0.05, 0) is 61.3 Å². The number of rotatable bonds is 3. The Labute approximate surface area is 153 Å². The number of benzene rings is 1. The smallest absolute Gasteiger partial charge is 0.267 e. The van der Waals surface area contributed by atoms with E-state index in [4.69, 9.17) is 12.2 Å². The van der Waals surface area contributed by atoms with Crippen LogP contribution >= 0.6 is 35.3 Å². The summed E-state index contributed by atoms with van der Waals surface area (Å²) in [6.07, 6.45) is 1.82. The van der Waals surface area contributed by atoms with Crippen LogP contribution in [0.5, 0.6) is 0 Å². The van der Waals surface area contributed by atoms with Gasteiger partial charge in [0, 0.05) is 10.4 Å². The quantitative estimate of drug-likeness (QED) is 0.654. The first-order valence-electron chi connectivity index (χ1n) is 7.15. The number of amides is 2. The number of thiocarbonyl (C=S) groups is 1. The second kappa shape index (κ2) is 6.88. The summed E-state index contributed by atoms with van der Waals surface area (Å²) >= 11 is 7.98. The summed E-state index contributed by atoms with van der Waals surface area (Å²) in [5.74, 6) is -0.668. The zero-order chi connectivity index (χ0) is 17.3. The van der Waals surface area contributed by atoms with Gasteiger partial charge < -0.3 is 0 Å². The fourth-order valence-electron chi connectivity index (χ4n) is 2.09. The Morgan fingerprint density at radius 3 is 2.54 bits per heavy atom. The average molecular weight is 375 g/mol. The van der Waals surface area contributed by atoms with Crippen LogP contribution < -0.4 is 5.43 Å². The summed E-state index contributed by atoms with van der Waals surface area (Å²) < 4.78 is 0.320. The van der Waals surface area contributed by atoms with Crippen molar-refractivity contribution in [2.75, 3.05) is 0 Å². The monoisotopic (exact) mass is 374 g/mol. The number of hydrazine groups is 1. The van der Waals surface area contributed by atoms with Crippen LogP contribution in [0.1, 0.15) is 26.4 Å². The lowest BCUT2D eigenvalue weighted by molar-refractivity contribution is -0.123. The summed E-state index contributed by atoms with van der Waals surface area (Å²) in [7, 11) is 0. The van der Waals surface area contributed by atoms with Gasteiger partial charge in [-0.25, -0.2) is 0 Å². The van der Waals surface area contributed by atoms with Crippen LogP contribution in [-0.2, 0) is 4.79 Å². The van der Waals surface area contributed by atoms with Crippen molar-refractivity contribution in [1.29, 1.82) is 0 Å². The van der Waals surface area contributed by atoms with E-state index < -0.39 is 0 Å². The lowest BCUT2D eigenvalue weighted by Crippen LogP contribution is -2.44. The number of nitrogens with zero attached hydrogens (tertiary/aromatic N) is 1. The second-order valence-corrected chi connectivity index (χ2v) is 7.92. The zero-order valence-corrected chi connectivity index (χ0v) is 15.5. The minimum absolute atomic E-state index is 0.307. The zero-order valence-electron chi connectivity index (χ0n) is 13.0. The molecule has 3 rings (SSSR count). The Balaban J connectivity index is 1.77. The molecule has 1 aromatic carbocycles. The van der Waals surface area contributed by atoms with Crippen molar-refractivity contribution < 1.29 is 9.59 Å². The molecule has 122 valence electrons. The second-order valence-electron chi connectivity index (χ2n) is 5.29. The lowest BCUT2D eigenvalue weighted by Gasteiger charge is -2.15. The fraction of sp³-hybridized carbons (Fsp3) is 0.118. The van der Waals surface area contributed by atoms with Crippen molar-refractivity contribution in [2.45, 2.75) is 13.8 Å². The number of hydrogen-bond donors (Lipinski definition) is 1. The van der Waals surface area contributed by atoms with Crippen LogP contribution in [0.4, 0.5) is 0 Å². The first-order valence-corrected chi connectivity index (χ1v) is 9.26. The average Bonchev–Trinajstić information content (AvgIpc) is 3.07. The van der Waals surface area contributed by atoms with Crippen LogP contribution in [0.15, 0.2) is 40.6 Å². The van der Waals surface area contributed by atoms with E-state index in [1.54, 1.807) is 23.5 Å². The molecule has 1 aliphatic rings. The Hall–Kier alpha value is -1.96. The Kier molecular flexibility index (Phi) is 4.84. The van der Waals surface area contributed by atoms with Gasteiger partial charge in [-0.3, -0.25) is 15.0 Å². The molecule has 0 saturated carbocycles. The predicted octanol–water partition coefficient (Wildman–Crippen LogP) is 3.91. The van der Waals surface area contributed by atoms with Crippen LogP contribution in [0.25, 0.3) is 6.08 Å². The summed E-state index contributed by atoms with van der Waals surface area (Å²) in [6, 6.07) is 9.12. The van der Waals surface area contributed by atoms with E-state index >= 15 is 0 Å². The first-order chi connectivity index (χ1) is 11.5. The van der Waals surface area contributed by atoms with Crippen molar-refractivity contribution in [3.63, 3.8) is 0 Å². The van der Waals surface area contributed by atoms with Gasteiger partial charge in [-0.2, -0.15) is 5.01 Å². The molecule has 2 heterocycles. The van der Waals surface area contributed by atoms with Crippen molar-refractivity contribution in [3.05, 3.63) is 62.2 Å². The molecule has 0 radical (unpaired) electrons. The largest absolute Gasteiger partial charge is 0.285 e. The Bertz CT molecular complexity index is 853. The molecule has 4 nitrogen and oxygen atoms in total. The third-order valence-electron chi connectivity index (χ3n) is 3.48. The molecule has 1 N–H and O–H groups in total. The highest BCUT2D eigenvalue weighted by Gasteiger charge is 2.33. The van der Waals surface area contributed by atoms with E-state index in [1.165, 1.54) is 11.8 Å². The molecule has 24 heavy (non-hydrogen) atoms. The maximum Gasteiger partial charge on any atom is 0.285 e. The molecule has 0 unspecified atom stereocenters. The van der Waals surface area contributed by atoms with E-state index in [-0.39, 0.29) is 11.8 Å². The van der Waals surface area contributed by atoms with E-state index in [0.717, 1.165) is 21.0 Å². The number of thioether (sulfide) groups is 1. The normalized spacial score (nSPS) is 16.1. The molecule has 1 saturated heterocycles. The highest BCUT2D eigenvalue weighted by molar-refractivity contribution is 8.26. The fourth-order valence-corrected chi connectivity index (χ4v) is 4.18. The van der Waals surface area contributed by atoms with Gasteiger partial charge in [0.2, 0.25) is 0 Å². The summed E-state index contributed by atoms with van der Waals surface area (Å²) in [5, 5.41) is 3.11. The minimum atomic E-state index is -0.361. The topological polar surface area (TPSA) is 49.4 Å². The number of carbonyl (C=O) groups excluding carboxylic acids is 2. The SMILES string of the molecule is Cc1ccc(C(=O)NN2C(=O)/C(=C/c3sccc3C)SC2=S)cc1. The molecule has 0 spiro atoms. The van der Waals surface area contributed by atoms with Gasteiger partial charge in [0.05, 0.1) is 4.91 Å². The Morgan fingerprint density at radius 2 is 1.92 bits per heavy atom. The molecule has 7 heteroatoms. The molecule has 2 aromatic rings. The molecular formula is C17H14N2O2S3. The van der Waals surface area contributed by atoms with Gasteiger partial charge in [0.1, 0.15) is 0 Å². The van der Waals surface area contributed by atoms with Crippen molar-refractivity contribution in [2.24, 2.45) is 0 Å². The van der Waals surface area contributed by atoms with E-state index in [0.29, 0.717) is 14.8 Å². The molecule has 0 bridgehead atoms. The van der Waals surface area contributed by atoms with Gasteiger partial charge in [0.25, 0.3) is 11.8 Å². The first kappa shape index (κ1) is 16.9. The summed E-state index contributed by atoms with van der Waals surface area (Å²) in [6.45, 7) is 3.93. The Morgan fingerprint density at radius 1 is 1.21 bits per heavy atom. The number of aryl methyl sites for hydroxylation is 2. The lowest BCUT2D eigenvalue weighted by atomic mass is 10.1. The molecule has 1 aliphatic heterocycles. The molecular weight excluding hydrogens is 360 g/mol.